The molecule has 1 aliphatic carbocycles. The summed E-state index contributed by atoms with van der Waals surface area (Å²) >= 11 is 0. The number of carboxylic acid groups (broad SMARTS) is 1. The predicted molar refractivity (Wildman–Crippen MR) is 99.4 cm³/mol. The molecule has 9 heteroatoms. The number of H-pyrrole nitrogens is 1. The number of carbonyl (C=O) groups is 2. The first-order valence-corrected chi connectivity index (χ1v) is 8.91. The van der Waals surface area contributed by atoms with Gasteiger partial charge in [-0.25, -0.2) is 9.78 Å². The van der Waals surface area contributed by atoms with Crippen LogP contribution in [0.15, 0.2) is 42.7 Å². The molecule has 0 atom stereocenters. The van der Waals surface area contributed by atoms with Crippen molar-refractivity contribution in [2.24, 2.45) is 0 Å². The lowest BCUT2D eigenvalue weighted by Crippen LogP contribution is -2.41. The molecule has 1 aliphatic heterocycles. The van der Waals surface area contributed by atoms with E-state index in [4.69, 9.17) is 9.90 Å². The summed E-state index contributed by atoms with van der Waals surface area (Å²) in [5.41, 5.74) is 4.84. The zero-order valence-corrected chi connectivity index (χ0v) is 15.0. The molecule has 5 rings (SSSR count). The fourth-order valence-corrected chi connectivity index (χ4v) is 3.90. The van der Waals surface area contributed by atoms with Crippen LogP contribution in [0.25, 0.3) is 22.2 Å². The molecule has 0 radical (unpaired) electrons. The second-order valence-electron chi connectivity index (χ2n) is 7.03. The molecule has 3 N–H and O–H groups in total. The minimum absolute atomic E-state index is 0.142. The summed E-state index contributed by atoms with van der Waals surface area (Å²) in [7, 11) is 0. The molecule has 2 aromatic heterocycles. The average molecular weight is 403 g/mol. The van der Waals surface area contributed by atoms with Gasteiger partial charge in [0.2, 0.25) is 5.91 Å². The lowest BCUT2D eigenvalue weighted by Gasteiger charge is -2.36. The Labute approximate surface area is 162 Å². The molecular formula is C20H16F3N3O3. The fourth-order valence-electron chi connectivity index (χ4n) is 3.90. The number of rotatable bonds is 1. The van der Waals surface area contributed by atoms with E-state index in [9.17, 15) is 18.0 Å². The van der Waals surface area contributed by atoms with E-state index in [-0.39, 0.29) is 11.3 Å². The number of amides is 1. The summed E-state index contributed by atoms with van der Waals surface area (Å²) in [4.78, 5) is 29.1. The van der Waals surface area contributed by atoms with E-state index in [1.807, 2.05) is 24.4 Å². The van der Waals surface area contributed by atoms with Crippen LogP contribution in [0.2, 0.25) is 0 Å². The van der Waals surface area contributed by atoms with Gasteiger partial charge in [-0.15, -0.1) is 0 Å². The number of hydrogen-bond acceptors (Lipinski definition) is 3. The number of halogens is 3. The maximum absolute atomic E-state index is 12.5. The largest absolute Gasteiger partial charge is 0.490 e. The molecule has 3 aromatic rings. The number of carboxylic acids is 1. The summed E-state index contributed by atoms with van der Waals surface area (Å²) in [6, 6.07) is 10.3. The van der Waals surface area contributed by atoms with Gasteiger partial charge in [-0.05, 0) is 18.4 Å². The number of carbonyl (C=O) groups excluding carboxylic acids is 1. The van der Waals surface area contributed by atoms with Crippen LogP contribution in [0.5, 0.6) is 0 Å². The van der Waals surface area contributed by atoms with Gasteiger partial charge in [0.25, 0.3) is 0 Å². The van der Waals surface area contributed by atoms with E-state index in [0.717, 1.165) is 52.7 Å². The number of nitrogens with zero attached hydrogens (tertiary/aromatic N) is 1. The Kier molecular flexibility index (Phi) is 4.33. The molecule has 0 saturated heterocycles. The maximum Gasteiger partial charge on any atom is 0.490 e. The van der Waals surface area contributed by atoms with Crippen LogP contribution in [0, 0.1) is 0 Å². The number of aromatic amines is 1. The average Bonchev–Trinajstić information content (AvgIpc) is 3.19. The van der Waals surface area contributed by atoms with Crippen molar-refractivity contribution >= 4 is 28.6 Å². The quantitative estimate of drug-likeness (QED) is 0.567. The molecule has 1 fully saturated rings. The maximum atomic E-state index is 12.5. The van der Waals surface area contributed by atoms with Gasteiger partial charge < -0.3 is 15.4 Å². The number of hydrogen-bond donors (Lipinski definition) is 3. The van der Waals surface area contributed by atoms with Crippen molar-refractivity contribution in [3.63, 3.8) is 0 Å². The minimum Gasteiger partial charge on any atom is -0.475 e. The highest BCUT2D eigenvalue weighted by Crippen LogP contribution is 2.54. The molecule has 1 spiro atoms. The minimum atomic E-state index is -5.08. The topological polar surface area (TPSA) is 95.1 Å². The van der Waals surface area contributed by atoms with Gasteiger partial charge in [0.1, 0.15) is 5.65 Å². The van der Waals surface area contributed by atoms with Crippen molar-refractivity contribution in [1.82, 2.24) is 9.97 Å². The molecule has 1 aromatic carbocycles. The third-order valence-electron chi connectivity index (χ3n) is 5.40. The van der Waals surface area contributed by atoms with E-state index < -0.39 is 12.1 Å². The van der Waals surface area contributed by atoms with Crippen molar-refractivity contribution in [2.75, 3.05) is 5.32 Å². The van der Waals surface area contributed by atoms with E-state index in [0.29, 0.717) is 0 Å². The normalized spacial score (nSPS) is 16.6. The summed E-state index contributed by atoms with van der Waals surface area (Å²) in [5.74, 6) is -2.62. The summed E-state index contributed by atoms with van der Waals surface area (Å²) < 4.78 is 31.7. The molecule has 6 nitrogen and oxygen atoms in total. The van der Waals surface area contributed by atoms with Gasteiger partial charge in [0.05, 0.1) is 17.3 Å². The Bertz CT molecular complexity index is 1100. The first-order chi connectivity index (χ1) is 13.7. The first-order valence-electron chi connectivity index (χ1n) is 8.91. The number of aliphatic carboxylic acids is 1. The van der Waals surface area contributed by atoms with Crippen LogP contribution in [-0.4, -0.2) is 33.1 Å². The lowest BCUT2D eigenvalue weighted by atomic mass is 9.64. The van der Waals surface area contributed by atoms with Crippen LogP contribution in [-0.2, 0) is 15.0 Å². The van der Waals surface area contributed by atoms with Crippen LogP contribution < -0.4 is 5.32 Å². The Balaban J connectivity index is 0.000000255. The highest BCUT2D eigenvalue weighted by Gasteiger charge is 2.52. The molecule has 0 unspecified atom stereocenters. The summed E-state index contributed by atoms with van der Waals surface area (Å²) in [5, 5.41) is 11.3. The van der Waals surface area contributed by atoms with Gasteiger partial charge in [-0.1, -0.05) is 36.8 Å². The molecule has 150 valence electrons. The molecule has 2 aliphatic rings. The van der Waals surface area contributed by atoms with E-state index in [1.165, 1.54) is 0 Å². The molecule has 29 heavy (non-hydrogen) atoms. The van der Waals surface area contributed by atoms with Crippen molar-refractivity contribution in [3.8, 4) is 11.1 Å². The third kappa shape index (κ3) is 3.02. The van der Waals surface area contributed by atoms with Crippen molar-refractivity contribution in [1.29, 1.82) is 0 Å². The lowest BCUT2D eigenvalue weighted by molar-refractivity contribution is -0.192. The second-order valence-corrected chi connectivity index (χ2v) is 7.03. The number of anilines is 1. The van der Waals surface area contributed by atoms with Crippen LogP contribution in [0.3, 0.4) is 0 Å². The molecule has 3 heterocycles. The number of fused-ring (bicyclic) bond motifs is 4. The number of alkyl halides is 3. The zero-order valence-electron chi connectivity index (χ0n) is 15.0. The Morgan fingerprint density at radius 2 is 1.83 bits per heavy atom. The highest BCUT2D eigenvalue weighted by molar-refractivity contribution is 6.13. The highest BCUT2D eigenvalue weighted by atomic mass is 19.4. The Morgan fingerprint density at radius 1 is 1.17 bits per heavy atom. The SMILES string of the molecule is O=C(O)C(F)(F)F.O=C1Nc2cnc3[nH]cc(-c4ccccc4)c3c2C12CCC2. The van der Waals surface area contributed by atoms with E-state index in [1.54, 1.807) is 6.20 Å². The third-order valence-corrected chi connectivity index (χ3v) is 5.40. The second kappa shape index (κ2) is 6.61. The fraction of sp³-hybridized carbons (Fsp3) is 0.250. The van der Waals surface area contributed by atoms with Crippen LogP contribution in [0.1, 0.15) is 24.8 Å². The Hall–Kier alpha value is -3.36. The number of nitrogens with one attached hydrogen (secondary N) is 2. The number of aromatic nitrogens is 2. The molecule has 1 amide bonds. The smallest absolute Gasteiger partial charge is 0.475 e. The van der Waals surface area contributed by atoms with Crippen LogP contribution >= 0.6 is 0 Å². The van der Waals surface area contributed by atoms with Gasteiger partial charge >= 0.3 is 12.1 Å². The summed E-state index contributed by atoms with van der Waals surface area (Å²) in [6.45, 7) is 0. The van der Waals surface area contributed by atoms with Crippen molar-refractivity contribution < 1.29 is 27.9 Å². The van der Waals surface area contributed by atoms with Crippen molar-refractivity contribution in [2.45, 2.75) is 30.9 Å². The molecule has 0 bridgehead atoms. The number of pyridine rings is 1. The Morgan fingerprint density at radius 3 is 2.38 bits per heavy atom. The van der Waals surface area contributed by atoms with Crippen molar-refractivity contribution in [3.05, 3.63) is 48.3 Å². The monoisotopic (exact) mass is 403 g/mol. The van der Waals surface area contributed by atoms with Crippen LogP contribution in [0.4, 0.5) is 18.9 Å². The zero-order chi connectivity index (χ0) is 20.8. The van der Waals surface area contributed by atoms with E-state index in [2.05, 4.69) is 27.4 Å². The molecular weight excluding hydrogens is 387 g/mol. The van der Waals surface area contributed by atoms with Gasteiger partial charge in [-0.2, -0.15) is 13.2 Å². The van der Waals surface area contributed by atoms with E-state index >= 15 is 0 Å². The van der Waals surface area contributed by atoms with Gasteiger partial charge in [0.15, 0.2) is 0 Å². The summed E-state index contributed by atoms with van der Waals surface area (Å²) in [6.07, 6.45) is 1.69. The van der Waals surface area contributed by atoms with Gasteiger partial charge in [0, 0.05) is 22.7 Å². The number of benzene rings is 1. The first kappa shape index (κ1) is 19.0. The van der Waals surface area contributed by atoms with Gasteiger partial charge in [-0.3, -0.25) is 4.79 Å². The predicted octanol–water partition coefficient (Wildman–Crippen LogP) is 4.24. The molecule has 1 saturated carbocycles. The standard InChI is InChI=1S/C18H15N3O.C2HF3O2/c22-17-18(7-4-8-18)15-13(21-17)10-20-16-14(15)12(9-19-16)11-5-2-1-3-6-11;3-2(4,5)1(6)7/h1-3,5-6,9-10H,4,7-8H2,(H,19,20)(H,21,22);(H,6,7).